The Morgan fingerprint density at radius 3 is 2.74 bits per heavy atom. The zero-order valence-corrected chi connectivity index (χ0v) is 12.1. The van der Waals surface area contributed by atoms with Gasteiger partial charge in [0, 0.05) is 26.6 Å². The van der Waals surface area contributed by atoms with E-state index in [1.807, 2.05) is 4.90 Å². The van der Waals surface area contributed by atoms with E-state index in [0.29, 0.717) is 31.5 Å². The monoisotopic (exact) mass is 268 g/mol. The number of nitrogens with two attached hydrogens (primary N) is 1. The predicted molar refractivity (Wildman–Crippen MR) is 75.7 cm³/mol. The van der Waals surface area contributed by atoms with Crippen molar-refractivity contribution in [3.8, 4) is 0 Å². The number of ether oxygens (including phenoxy) is 1. The van der Waals surface area contributed by atoms with Crippen LogP contribution in [-0.4, -0.2) is 44.2 Å². The predicted octanol–water partition coefficient (Wildman–Crippen LogP) is 1.64. The third-order valence-corrected chi connectivity index (χ3v) is 4.87. The summed E-state index contributed by atoms with van der Waals surface area (Å²) in [6.45, 7) is 2.74. The first-order chi connectivity index (χ1) is 9.24. The number of carbonyl (C=O) groups excluding carboxylic acids is 1. The van der Waals surface area contributed by atoms with E-state index in [9.17, 15) is 4.79 Å². The lowest BCUT2D eigenvalue weighted by Crippen LogP contribution is -2.37. The molecule has 2 rings (SSSR count). The first kappa shape index (κ1) is 14.8. The van der Waals surface area contributed by atoms with E-state index in [4.69, 9.17) is 10.5 Å². The molecule has 3 atom stereocenters. The highest BCUT2D eigenvalue weighted by atomic mass is 16.5. The molecule has 1 amide bonds. The van der Waals surface area contributed by atoms with Crippen LogP contribution in [0.5, 0.6) is 0 Å². The molecule has 0 spiro atoms. The lowest BCUT2D eigenvalue weighted by Gasteiger charge is -2.27. The van der Waals surface area contributed by atoms with Crippen molar-refractivity contribution < 1.29 is 9.53 Å². The van der Waals surface area contributed by atoms with Crippen molar-refractivity contribution in [3.63, 3.8) is 0 Å². The van der Waals surface area contributed by atoms with Crippen LogP contribution in [0, 0.1) is 17.8 Å². The highest BCUT2D eigenvalue weighted by molar-refractivity contribution is 5.76. The van der Waals surface area contributed by atoms with Crippen LogP contribution >= 0.6 is 0 Å². The van der Waals surface area contributed by atoms with Gasteiger partial charge >= 0.3 is 0 Å². The molecule has 0 aromatic heterocycles. The van der Waals surface area contributed by atoms with Gasteiger partial charge in [-0.15, -0.1) is 0 Å². The Hall–Kier alpha value is -0.610. The Kier molecular flexibility index (Phi) is 5.64. The Balaban J connectivity index is 1.80. The van der Waals surface area contributed by atoms with Crippen LogP contribution in [0.4, 0.5) is 0 Å². The molecule has 2 bridgehead atoms. The molecule has 4 nitrogen and oxygen atoms in total. The van der Waals surface area contributed by atoms with Gasteiger partial charge in [0.1, 0.15) is 0 Å². The number of methoxy groups -OCH3 is 1. The zero-order chi connectivity index (χ0) is 13.7. The van der Waals surface area contributed by atoms with Gasteiger partial charge in [-0.1, -0.05) is 6.42 Å². The third-order valence-electron chi connectivity index (χ3n) is 4.87. The van der Waals surface area contributed by atoms with Gasteiger partial charge in [0.25, 0.3) is 0 Å². The Morgan fingerprint density at radius 1 is 1.32 bits per heavy atom. The van der Waals surface area contributed by atoms with E-state index < -0.39 is 0 Å². The summed E-state index contributed by atoms with van der Waals surface area (Å²) in [7, 11) is 1.68. The van der Waals surface area contributed by atoms with Crippen LogP contribution in [0.3, 0.4) is 0 Å². The van der Waals surface area contributed by atoms with E-state index >= 15 is 0 Å². The van der Waals surface area contributed by atoms with Crippen LogP contribution in [-0.2, 0) is 9.53 Å². The van der Waals surface area contributed by atoms with Crippen molar-refractivity contribution in [3.05, 3.63) is 0 Å². The smallest absolute Gasteiger partial charge is 0.222 e. The maximum Gasteiger partial charge on any atom is 0.222 e. The lowest BCUT2D eigenvalue weighted by atomic mass is 9.86. The molecular weight excluding hydrogens is 240 g/mol. The van der Waals surface area contributed by atoms with Crippen LogP contribution in [0.15, 0.2) is 0 Å². The molecule has 0 aromatic carbocycles. The average molecular weight is 268 g/mol. The Bertz CT molecular complexity index is 288. The molecule has 0 radical (unpaired) electrons. The fourth-order valence-corrected chi connectivity index (χ4v) is 3.82. The quantitative estimate of drug-likeness (QED) is 0.728. The molecule has 2 N–H and O–H groups in total. The minimum absolute atomic E-state index is 0.308. The van der Waals surface area contributed by atoms with Crippen LogP contribution in [0.2, 0.25) is 0 Å². The van der Waals surface area contributed by atoms with Crippen LogP contribution in [0.25, 0.3) is 0 Å². The first-order valence-corrected chi connectivity index (χ1v) is 7.71. The molecule has 4 heteroatoms. The molecule has 0 saturated heterocycles. The van der Waals surface area contributed by atoms with Crippen LogP contribution < -0.4 is 5.73 Å². The molecular formula is C15H28N2O2. The molecule has 2 fully saturated rings. The number of hydrogen-bond donors (Lipinski definition) is 1. The number of amides is 1. The second-order valence-corrected chi connectivity index (χ2v) is 6.15. The van der Waals surface area contributed by atoms with Gasteiger partial charge in [-0.3, -0.25) is 4.79 Å². The minimum atomic E-state index is 0.308. The lowest BCUT2D eigenvalue weighted by molar-refractivity contribution is -0.133. The van der Waals surface area contributed by atoms with Gasteiger partial charge in [-0.2, -0.15) is 0 Å². The normalized spacial score (nSPS) is 28.8. The van der Waals surface area contributed by atoms with E-state index in [-0.39, 0.29) is 0 Å². The molecule has 3 unspecified atom stereocenters. The average Bonchev–Trinajstić information content (AvgIpc) is 3.01. The minimum Gasteiger partial charge on any atom is -0.383 e. The van der Waals surface area contributed by atoms with E-state index in [1.165, 1.54) is 25.7 Å². The van der Waals surface area contributed by atoms with Gasteiger partial charge in [-0.05, 0) is 50.0 Å². The maximum atomic E-state index is 12.4. The summed E-state index contributed by atoms with van der Waals surface area (Å²) in [6.07, 6.45) is 7.03. The number of carbonyl (C=O) groups is 1. The summed E-state index contributed by atoms with van der Waals surface area (Å²) in [4.78, 5) is 14.4. The number of rotatable bonds is 8. The molecule has 0 aliphatic heterocycles. The Morgan fingerprint density at radius 2 is 2.16 bits per heavy atom. The number of fused-ring (bicyclic) bond motifs is 2. The number of hydrogen-bond acceptors (Lipinski definition) is 3. The molecule has 110 valence electrons. The summed E-state index contributed by atoms with van der Waals surface area (Å²) in [6, 6.07) is 0. The van der Waals surface area contributed by atoms with Crippen molar-refractivity contribution in [1.82, 2.24) is 4.90 Å². The van der Waals surface area contributed by atoms with E-state index in [2.05, 4.69) is 0 Å². The van der Waals surface area contributed by atoms with Gasteiger partial charge in [0.05, 0.1) is 6.61 Å². The summed E-state index contributed by atoms with van der Waals surface area (Å²) in [5.41, 5.74) is 5.55. The summed E-state index contributed by atoms with van der Waals surface area (Å²) in [5, 5.41) is 0. The van der Waals surface area contributed by atoms with Crippen LogP contribution in [0.1, 0.15) is 38.5 Å². The van der Waals surface area contributed by atoms with Crippen molar-refractivity contribution in [2.45, 2.75) is 38.5 Å². The van der Waals surface area contributed by atoms with Crippen molar-refractivity contribution in [1.29, 1.82) is 0 Å². The van der Waals surface area contributed by atoms with Crippen molar-refractivity contribution in [2.75, 3.05) is 33.4 Å². The SMILES string of the molecule is COCCN(CCCN)C(=O)CC1CC2CCC1C2. The second kappa shape index (κ2) is 7.25. The third kappa shape index (κ3) is 3.93. The van der Waals surface area contributed by atoms with Gasteiger partial charge in [-0.25, -0.2) is 0 Å². The molecule has 2 saturated carbocycles. The fraction of sp³-hybridized carbons (Fsp3) is 0.933. The second-order valence-electron chi connectivity index (χ2n) is 6.15. The van der Waals surface area contributed by atoms with E-state index in [0.717, 1.165) is 31.2 Å². The largest absolute Gasteiger partial charge is 0.383 e. The van der Waals surface area contributed by atoms with E-state index in [1.54, 1.807) is 7.11 Å². The van der Waals surface area contributed by atoms with Crippen molar-refractivity contribution in [2.24, 2.45) is 23.5 Å². The summed E-state index contributed by atoms with van der Waals surface area (Å²) in [5.74, 6) is 2.70. The van der Waals surface area contributed by atoms with Crippen molar-refractivity contribution >= 4 is 5.91 Å². The molecule has 2 aliphatic rings. The molecule has 0 heterocycles. The Labute approximate surface area is 116 Å². The summed E-state index contributed by atoms with van der Waals surface area (Å²) >= 11 is 0. The standard InChI is InChI=1S/C15H28N2O2/c1-19-8-7-17(6-2-5-16)15(18)11-14-10-12-3-4-13(14)9-12/h12-14H,2-11,16H2,1H3. The van der Waals surface area contributed by atoms with Gasteiger partial charge in [0.15, 0.2) is 0 Å². The number of nitrogens with zero attached hydrogens (tertiary/aromatic N) is 1. The highest BCUT2D eigenvalue weighted by Gasteiger charge is 2.40. The zero-order valence-electron chi connectivity index (χ0n) is 12.1. The van der Waals surface area contributed by atoms with Gasteiger partial charge in [0.2, 0.25) is 5.91 Å². The highest BCUT2D eigenvalue weighted by Crippen LogP contribution is 2.49. The summed E-state index contributed by atoms with van der Waals surface area (Å²) < 4.78 is 5.10. The topological polar surface area (TPSA) is 55.6 Å². The molecule has 19 heavy (non-hydrogen) atoms. The first-order valence-electron chi connectivity index (χ1n) is 7.71. The maximum absolute atomic E-state index is 12.4. The fourth-order valence-electron chi connectivity index (χ4n) is 3.82. The molecule has 0 aromatic rings. The molecule has 2 aliphatic carbocycles. The van der Waals surface area contributed by atoms with Gasteiger partial charge < -0.3 is 15.4 Å².